The van der Waals surface area contributed by atoms with Crippen LogP contribution in [0.1, 0.15) is 4.88 Å². The summed E-state index contributed by atoms with van der Waals surface area (Å²) in [6.07, 6.45) is 0. The quantitative estimate of drug-likeness (QED) is 0.435. The van der Waals surface area contributed by atoms with Gasteiger partial charge in [-0.05, 0) is 6.92 Å². The van der Waals surface area contributed by atoms with Crippen LogP contribution in [0.15, 0.2) is 10.3 Å². The second-order valence-corrected chi connectivity index (χ2v) is 5.03. The Hall–Kier alpha value is -1.02. The molecule has 0 aromatic carbocycles. The van der Waals surface area contributed by atoms with Gasteiger partial charge in [0.25, 0.3) is 5.69 Å². The minimum atomic E-state index is -4.82. The molecule has 0 radical (unpaired) electrons. The first kappa shape index (κ1) is 10.1. The molecular weight excluding hydrogens is 221 g/mol. The van der Waals surface area contributed by atoms with E-state index in [0.717, 1.165) is 6.07 Å². The van der Waals surface area contributed by atoms with Crippen molar-refractivity contribution >= 4 is 27.2 Å². The van der Waals surface area contributed by atoms with Crippen molar-refractivity contribution in [1.29, 1.82) is 0 Å². The van der Waals surface area contributed by atoms with E-state index in [1.165, 1.54) is 6.92 Å². The highest BCUT2D eigenvalue weighted by atomic mass is 32.3. The summed E-state index contributed by atoms with van der Waals surface area (Å²) in [7, 11) is -4.82. The van der Waals surface area contributed by atoms with Gasteiger partial charge >= 0.3 is 10.2 Å². The van der Waals surface area contributed by atoms with Crippen LogP contribution in [0, 0.1) is 17.0 Å². The average Bonchev–Trinajstić information content (AvgIpc) is 2.29. The maximum Gasteiger partial charge on any atom is 0.341 e. The summed E-state index contributed by atoms with van der Waals surface area (Å²) in [6, 6.07) is 0.718. The molecule has 0 fully saturated rings. The van der Waals surface area contributed by atoms with Crippen LogP contribution < -0.4 is 0 Å². The summed E-state index contributed by atoms with van der Waals surface area (Å²) in [6.45, 7) is 1.36. The van der Waals surface area contributed by atoms with Crippen molar-refractivity contribution in [2.45, 2.75) is 11.1 Å². The standard InChI is InChI=1S/C5H4FNO4S2/c1-3-4(7(8)9)2-5(12-3)13(6,10)11/h2H,1H3. The number of hydrogen-bond donors (Lipinski definition) is 0. The molecule has 0 atom stereocenters. The largest absolute Gasteiger partial charge is 0.341 e. The van der Waals surface area contributed by atoms with Crippen molar-refractivity contribution in [2.24, 2.45) is 0 Å². The Morgan fingerprint density at radius 3 is 2.38 bits per heavy atom. The van der Waals surface area contributed by atoms with Gasteiger partial charge in [0.15, 0.2) is 4.21 Å². The van der Waals surface area contributed by atoms with Gasteiger partial charge in [-0.15, -0.1) is 11.3 Å². The fourth-order valence-electron chi connectivity index (χ4n) is 0.747. The second kappa shape index (κ2) is 3.04. The highest BCUT2D eigenvalue weighted by Crippen LogP contribution is 2.31. The van der Waals surface area contributed by atoms with Crippen molar-refractivity contribution in [3.05, 3.63) is 21.1 Å². The first-order valence-corrected chi connectivity index (χ1v) is 5.22. The first-order valence-electron chi connectivity index (χ1n) is 3.02. The summed E-state index contributed by atoms with van der Waals surface area (Å²) in [5, 5.41) is 10.3. The van der Waals surface area contributed by atoms with Gasteiger partial charge in [-0.1, -0.05) is 3.89 Å². The molecule has 13 heavy (non-hydrogen) atoms. The van der Waals surface area contributed by atoms with E-state index < -0.39 is 19.4 Å². The normalized spacial score (nSPS) is 11.5. The molecule has 0 aliphatic heterocycles. The van der Waals surface area contributed by atoms with Crippen LogP contribution in [0.3, 0.4) is 0 Å². The maximum atomic E-state index is 12.3. The van der Waals surface area contributed by atoms with Gasteiger partial charge in [0, 0.05) is 6.07 Å². The van der Waals surface area contributed by atoms with Gasteiger partial charge in [0.05, 0.1) is 9.80 Å². The van der Waals surface area contributed by atoms with Gasteiger partial charge in [0.1, 0.15) is 0 Å². The highest BCUT2D eigenvalue weighted by Gasteiger charge is 2.23. The molecule has 5 nitrogen and oxygen atoms in total. The van der Waals surface area contributed by atoms with Crippen LogP contribution in [0.25, 0.3) is 0 Å². The zero-order valence-electron chi connectivity index (χ0n) is 6.35. The molecule has 8 heteroatoms. The van der Waals surface area contributed by atoms with Gasteiger partial charge < -0.3 is 0 Å². The molecule has 1 aromatic heterocycles. The number of aryl methyl sites for hydroxylation is 1. The van der Waals surface area contributed by atoms with Gasteiger partial charge in [-0.3, -0.25) is 10.1 Å². The summed E-state index contributed by atoms with van der Waals surface area (Å²) in [4.78, 5) is 9.68. The molecule has 0 aliphatic carbocycles. The third-order valence-electron chi connectivity index (χ3n) is 1.31. The Morgan fingerprint density at radius 1 is 1.62 bits per heavy atom. The molecule has 0 saturated heterocycles. The Balaban J connectivity index is 3.33. The molecule has 0 bridgehead atoms. The Morgan fingerprint density at radius 2 is 2.15 bits per heavy atom. The van der Waals surface area contributed by atoms with Crippen molar-refractivity contribution in [1.82, 2.24) is 0 Å². The topological polar surface area (TPSA) is 77.3 Å². The summed E-state index contributed by atoms with van der Waals surface area (Å²) in [5.41, 5.74) is -0.374. The summed E-state index contributed by atoms with van der Waals surface area (Å²) in [5.74, 6) is 0. The first-order chi connectivity index (χ1) is 5.82. The Kier molecular flexibility index (Phi) is 2.35. The van der Waals surface area contributed by atoms with E-state index in [1.807, 2.05) is 0 Å². The lowest BCUT2D eigenvalue weighted by atomic mass is 10.4. The number of nitrogens with zero attached hydrogens (tertiary/aromatic N) is 1. The lowest BCUT2D eigenvalue weighted by Gasteiger charge is -1.83. The summed E-state index contributed by atoms with van der Waals surface area (Å²) >= 11 is 0.545. The number of rotatable bonds is 2. The highest BCUT2D eigenvalue weighted by molar-refractivity contribution is 7.88. The Labute approximate surface area is 77.2 Å². The molecule has 0 saturated carbocycles. The van der Waals surface area contributed by atoms with Crippen molar-refractivity contribution < 1.29 is 17.2 Å². The van der Waals surface area contributed by atoms with E-state index in [1.54, 1.807) is 0 Å². The number of nitro groups is 1. The summed E-state index contributed by atoms with van der Waals surface area (Å²) < 4.78 is 32.4. The van der Waals surface area contributed by atoms with Crippen molar-refractivity contribution in [2.75, 3.05) is 0 Å². The number of thiophene rings is 1. The predicted molar refractivity (Wildman–Crippen MR) is 44.0 cm³/mol. The second-order valence-electron chi connectivity index (χ2n) is 2.20. The van der Waals surface area contributed by atoms with Crippen LogP contribution in [0.2, 0.25) is 0 Å². The van der Waals surface area contributed by atoms with Gasteiger partial charge in [0.2, 0.25) is 0 Å². The fourth-order valence-corrected chi connectivity index (χ4v) is 2.48. The lowest BCUT2D eigenvalue weighted by Crippen LogP contribution is -1.88. The zero-order valence-corrected chi connectivity index (χ0v) is 7.99. The van der Waals surface area contributed by atoms with E-state index >= 15 is 0 Å². The smallest absolute Gasteiger partial charge is 0.258 e. The molecule has 0 spiro atoms. The number of hydrogen-bond acceptors (Lipinski definition) is 5. The molecule has 1 rings (SSSR count). The molecular formula is C5H4FNO4S2. The van der Waals surface area contributed by atoms with Crippen molar-refractivity contribution in [3.63, 3.8) is 0 Å². The van der Waals surface area contributed by atoms with Crippen LogP contribution in [0.4, 0.5) is 9.57 Å². The van der Waals surface area contributed by atoms with Crippen LogP contribution in [0.5, 0.6) is 0 Å². The third-order valence-corrected chi connectivity index (χ3v) is 3.59. The van der Waals surface area contributed by atoms with E-state index in [-0.39, 0.29) is 10.6 Å². The van der Waals surface area contributed by atoms with E-state index in [2.05, 4.69) is 0 Å². The van der Waals surface area contributed by atoms with Gasteiger partial charge in [-0.2, -0.15) is 8.42 Å². The van der Waals surface area contributed by atoms with E-state index in [4.69, 9.17) is 0 Å². The number of halogens is 1. The van der Waals surface area contributed by atoms with Crippen LogP contribution >= 0.6 is 11.3 Å². The Bertz CT molecular complexity index is 449. The average molecular weight is 225 g/mol. The van der Waals surface area contributed by atoms with E-state index in [0.29, 0.717) is 11.3 Å². The zero-order chi connectivity index (χ0) is 10.2. The van der Waals surface area contributed by atoms with E-state index in [9.17, 15) is 22.4 Å². The fraction of sp³-hybridized carbons (Fsp3) is 0.200. The molecule has 1 aromatic rings. The van der Waals surface area contributed by atoms with Crippen molar-refractivity contribution in [3.8, 4) is 0 Å². The minimum absolute atomic E-state index is 0.168. The predicted octanol–water partition coefficient (Wildman–Crippen LogP) is 1.62. The maximum absolute atomic E-state index is 12.3. The third kappa shape index (κ3) is 2.01. The molecule has 0 aliphatic rings. The molecule has 0 amide bonds. The van der Waals surface area contributed by atoms with Crippen LogP contribution in [-0.4, -0.2) is 13.3 Å². The monoisotopic (exact) mass is 225 g/mol. The molecule has 1 heterocycles. The van der Waals surface area contributed by atoms with Gasteiger partial charge in [-0.25, -0.2) is 0 Å². The molecule has 0 N–H and O–H groups in total. The lowest BCUT2D eigenvalue weighted by molar-refractivity contribution is -0.385. The minimum Gasteiger partial charge on any atom is -0.258 e. The molecule has 72 valence electrons. The molecule has 0 unspecified atom stereocenters. The van der Waals surface area contributed by atoms with Crippen LogP contribution in [-0.2, 0) is 10.2 Å². The SMILES string of the molecule is Cc1sc(S(=O)(=O)F)cc1[N+](=O)[O-].